The number of amides is 1. The van der Waals surface area contributed by atoms with Crippen LogP contribution in [0.25, 0.3) is 11.5 Å². The van der Waals surface area contributed by atoms with Gasteiger partial charge in [0.25, 0.3) is 0 Å². The minimum Gasteiger partial charge on any atom is -0.441 e. The van der Waals surface area contributed by atoms with E-state index in [2.05, 4.69) is 4.98 Å². The number of rotatable bonds is 4. The summed E-state index contributed by atoms with van der Waals surface area (Å²) < 4.78 is 5.77. The van der Waals surface area contributed by atoms with E-state index in [1.54, 1.807) is 11.0 Å². The molecule has 1 fully saturated rings. The van der Waals surface area contributed by atoms with Gasteiger partial charge in [0.15, 0.2) is 5.78 Å². The Kier molecular flexibility index (Phi) is 5.05. The van der Waals surface area contributed by atoms with Gasteiger partial charge < -0.3 is 4.42 Å². The number of thioether (sulfide) groups is 1. The molecule has 0 saturated carbocycles. The smallest absolute Gasteiger partial charge is 0.238 e. The van der Waals surface area contributed by atoms with Gasteiger partial charge in [0.2, 0.25) is 11.8 Å². The van der Waals surface area contributed by atoms with Crippen LogP contribution in [-0.2, 0) is 16.1 Å². The number of oxazole rings is 1. The number of benzene rings is 1. The second-order valence-electron chi connectivity index (χ2n) is 7.25. The van der Waals surface area contributed by atoms with Crippen molar-refractivity contribution in [2.75, 3.05) is 5.75 Å². The predicted octanol–water partition coefficient (Wildman–Crippen LogP) is 4.18. The largest absolute Gasteiger partial charge is 0.441 e. The maximum Gasteiger partial charge on any atom is 0.238 e. The number of nitrogens with zero attached hydrogens (tertiary/aromatic N) is 2. The summed E-state index contributed by atoms with van der Waals surface area (Å²) in [6.45, 7) is 7.74. The van der Waals surface area contributed by atoms with Crippen LogP contribution in [0.15, 0.2) is 45.9 Å². The zero-order valence-corrected chi connectivity index (χ0v) is 16.2. The maximum atomic E-state index is 12.3. The third-order valence-electron chi connectivity index (χ3n) is 4.13. The Morgan fingerprint density at radius 2 is 2.00 bits per heavy atom. The molecule has 1 aliphatic heterocycles. The standard InChI is InChI=1S/C20H22N2O3S/c1-13-15(21-19(25-13)14-8-6-5-7-9-14)11-22-17(24)12-26-18(22)10-16(23)20(2,3)4/h5-10H,11-12H2,1-4H3/b18-10-. The Bertz CT molecular complexity index is 863. The van der Waals surface area contributed by atoms with Crippen LogP contribution in [0.3, 0.4) is 0 Å². The first-order valence-electron chi connectivity index (χ1n) is 8.47. The summed E-state index contributed by atoms with van der Waals surface area (Å²) in [4.78, 5) is 30.8. The molecule has 0 aliphatic carbocycles. The molecule has 0 N–H and O–H groups in total. The number of aromatic nitrogens is 1. The summed E-state index contributed by atoms with van der Waals surface area (Å²) in [6.07, 6.45) is 1.57. The maximum absolute atomic E-state index is 12.3. The van der Waals surface area contributed by atoms with E-state index in [1.165, 1.54) is 11.8 Å². The minimum absolute atomic E-state index is 0.00143. The van der Waals surface area contributed by atoms with Gasteiger partial charge in [0.1, 0.15) is 11.5 Å². The van der Waals surface area contributed by atoms with E-state index in [9.17, 15) is 9.59 Å². The fourth-order valence-corrected chi connectivity index (χ4v) is 3.40. The lowest BCUT2D eigenvalue weighted by Crippen LogP contribution is -2.26. The minimum atomic E-state index is -0.477. The molecule has 2 aromatic rings. The molecule has 6 heteroatoms. The van der Waals surface area contributed by atoms with E-state index in [-0.39, 0.29) is 11.7 Å². The molecule has 26 heavy (non-hydrogen) atoms. The number of carbonyl (C=O) groups excluding carboxylic acids is 2. The van der Waals surface area contributed by atoms with Gasteiger partial charge in [-0.3, -0.25) is 14.5 Å². The number of allylic oxidation sites excluding steroid dienone is 1. The molecule has 0 unspecified atom stereocenters. The Labute approximate surface area is 157 Å². The van der Waals surface area contributed by atoms with E-state index >= 15 is 0 Å². The van der Waals surface area contributed by atoms with Gasteiger partial charge >= 0.3 is 0 Å². The van der Waals surface area contributed by atoms with Gasteiger partial charge in [-0.2, -0.15) is 0 Å². The molecule has 0 radical (unpaired) electrons. The van der Waals surface area contributed by atoms with Crippen LogP contribution < -0.4 is 0 Å². The zero-order valence-electron chi connectivity index (χ0n) is 15.4. The van der Waals surface area contributed by atoms with Crippen LogP contribution in [0.2, 0.25) is 0 Å². The average Bonchev–Trinajstić information content (AvgIpc) is 3.12. The molecular weight excluding hydrogens is 348 g/mol. The van der Waals surface area contributed by atoms with Crippen LogP contribution in [0.5, 0.6) is 0 Å². The van der Waals surface area contributed by atoms with Crippen molar-refractivity contribution in [2.45, 2.75) is 34.2 Å². The first kappa shape index (κ1) is 18.5. The monoisotopic (exact) mass is 370 g/mol. The Balaban J connectivity index is 1.85. The first-order chi connectivity index (χ1) is 12.3. The van der Waals surface area contributed by atoms with Crippen molar-refractivity contribution < 1.29 is 14.0 Å². The van der Waals surface area contributed by atoms with Crippen molar-refractivity contribution in [3.8, 4) is 11.5 Å². The normalized spacial score (nSPS) is 16.5. The van der Waals surface area contributed by atoms with E-state index in [4.69, 9.17) is 4.42 Å². The first-order valence-corrected chi connectivity index (χ1v) is 9.45. The highest BCUT2D eigenvalue weighted by atomic mass is 32.2. The molecule has 1 saturated heterocycles. The molecule has 3 rings (SSSR count). The zero-order chi connectivity index (χ0) is 18.9. The lowest BCUT2D eigenvalue weighted by atomic mass is 9.91. The average molecular weight is 370 g/mol. The summed E-state index contributed by atoms with van der Waals surface area (Å²) >= 11 is 1.39. The van der Waals surface area contributed by atoms with Gasteiger partial charge in [0.05, 0.1) is 17.3 Å². The van der Waals surface area contributed by atoms with Gasteiger partial charge in [-0.05, 0) is 19.1 Å². The third kappa shape index (κ3) is 3.90. The van der Waals surface area contributed by atoms with Gasteiger partial charge in [-0.15, -0.1) is 0 Å². The highest BCUT2D eigenvalue weighted by molar-refractivity contribution is 8.04. The second-order valence-corrected chi connectivity index (χ2v) is 8.25. The van der Waals surface area contributed by atoms with E-state index in [0.717, 1.165) is 5.56 Å². The van der Waals surface area contributed by atoms with Crippen molar-refractivity contribution in [2.24, 2.45) is 5.41 Å². The van der Waals surface area contributed by atoms with Gasteiger partial charge in [-0.25, -0.2) is 4.98 Å². The van der Waals surface area contributed by atoms with Gasteiger partial charge in [0, 0.05) is 17.1 Å². The van der Waals surface area contributed by atoms with Crippen LogP contribution in [0.1, 0.15) is 32.2 Å². The van der Waals surface area contributed by atoms with Crippen molar-refractivity contribution in [3.05, 3.63) is 52.9 Å². The second kappa shape index (κ2) is 7.11. The molecular formula is C20H22N2O3S. The van der Waals surface area contributed by atoms with E-state index in [0.29, 0.717) is 34.7 Å². The van der Waals surface area contributed by atoms with Crippen molar-refractivity contribution >= 4 is 23.5 Å². The molecule has 1 aliphatic rings. The fourth-order valence-electron chi connectivity index (χ4n) is 2.46. The van der Waals surface area contributed by atoms with Crippen molar-refractivity contribution in [1.29, 1.82) is 0 Å². The lowest BCUT2D eigenvalue weighted by Gasteiger charge is -2.18. The van der Waals surface area contributed by atoms with Crippen LogP contribution in [0, 0.1) is 12.3 Å². The molecule has 1 amide bonds. The van der Waals surface area contributed by atoms with Crippen LogP contribution in [0.4, 0.5) is 0 Å². The quantitative estimate of drug-likeness (QED) is 0.756. The summed E-state index contributed by atoms with van der Waals surface area (Å²) in [5.41, 5.74) is 1.12. The summed E-state index contributed by atoms with van der Waals surface area (Å²) in [7, 11) is 0. The highest BCUT2D eigenvalue weighted by Crippen LogP contribution is 2.33. The fraction of sp³-hybridized carbons (Fsp3) is 0.350. The third-order valence-corrected chi connectivity index (χ3v) is 5.15. The summed E-state index contributed by atoms with van der Waals surface area (Å²) in [5, 5.41) is 0.679. The van der Waals surface area contributed by atoms with E-state index in [1.807, 2.05) is 58.0 Å². The molecule has 5 nitrogen and oxygen atoms in total. The number of ketones is 1. The summed E-state index contributed by atoms with van der Waals surface area (Å²) in [5.74, 6) is 1.53. The number of carbonyl (C=O) groups is 2. The van der Waals surface area contributed by atoms with Crippen LogP contribution in [-0.4, -0.2) is 27.3 Å². The number of aryl methyl sites for hydroxylation is 1. The molecule has 0 spiro atoms. The highest BCUT2D eigenvalue weighted by Gasteiger charge is 2.30. The molecule has 2 heterocycles. The predicted molar refractivity (Wildman–Crippen MR) is 102 cm³/mol. The SMILES string of the molecule is Cc1oc(-c2ccccc2)nc1CN1C(=O)CS/C1=C\C(=O)C(C)(C)C. The van der Waals surface area contributed by atoms with Gasteiger partial charge in [-0.1, -0.05) is 50.7 Å². The molecule has 136 valence electrons. The van der Waals surface area contributed by atoms with E-state index < -0.39 is 5.41 Å². The molecule has 1 aromatic heterocycles. The summed E-state index contributed by atoms with van der Waals surface area (Å²) in [6, 6.07) is 9.64. The Morgan fingerprint density at radius 3 is 2.65 bits per heavy atom. The Hall–Kier alpha value is -2.34. The van der Waals surface area contributed by atoms with Crippen molar-refractivity contribution in [3.63, 3.8) is 0 Å². The molecule has 0 bridgehead atoms. The van der Waals surface area contributed by atoms with Crippen molar-refractivity contribution in [1.82, 2.24) is 9.88 Å². The topological polar surface area (TPSA) is 63.4 Å². The lowest BCUT2D eigenvalue weighted by molar-refractivity contribution is -0.125. The van der Waals surface area contributed by atoms with Crippen LogP contribution >= 0.6 is 11.8 Å². The molecule has 1 aromatic carbocycles. The number of hydrogen-bond acceptors (Lipinski definition) is 5. The number of hydrogen-bond donors (Lipinski definition) is 0. The molecule has 0 atom stereocenters. The Morgan fingerprint density at radius 1 is 1.31 bits per heavy atom.